The third-order valence-corrected chi connectivity index (χ3v) is 15.3. The van der Waals surface area contributed by atoms with Gasteiger partial charge >= 0.3 is 0 Å². The van der Waals surface area contributed by atoms with Gasteiger partial charge in [0.1, 0.15) is 0 Å². The molecule has 354 valence electrons. The maximum absolute atomic E-state index is 5.63. The number of aromatic nitrogens is 7. The monoisotopic (exact) mass is 969 g/mol. The number of hydrogen-bond donors (Lipinski definition) is 0. The number of hydrogen-bond acceptors (Lipinski definition) is 3. The van der Waals surface area contributed by atoms with Gasteiger partial charge < -0.3 is 18.3 Å². The highest BCUT2D eigenvalue weighted by Crippen LogP contribution is 2.41. The maximum Gasteiger partial charge on any atom is 0.164 e. The third kappa shape index (κ3) is 6.39. The first-order valence-electron chi connectivity index (χ1n) is 25.8. The Hall–Kier alpha value is -10.4. The molecule has 16 rings (SSSR count). The summed E-state index contributed by atoms with van der Waals surface area (Å²) in [4.78, 5) is 16.5. The molecule has 16 aromatic rings. The summed E-state index contributed by atoms with van der Waals surface area (Å²) in [5.74, 6) is 1.71. The molecule has 0 saturated carbocycles. The van der Waals surface area contributed by atoms with Crippen molar-refractivity contribution in [3.63, 3.8) is 0 Å². The Balaban J connectivity index is 1.00. The lowest BCUT2D eigenvalue weighted by molar-refractivity contribution is 1.06. The van der Waals surface area contributed by atoms with Gasteiger partial charge in [-0.1, -0.05) is 176 Å². The SMILES string of the molecule is c1ccc(-c2nc(-c3cc(-n4c5ccccc5c5ccccc54)cc(-n4c5ccccc5c5ccccc54)c3)nc(-c3cc(-n4c5ccccc5c5ccccc54)cc(-n4c5ccccc5c5ccccc54)c3)n2)cc1. The third-order valence-electron chi connectivity index (χ3n) is 15.3. The van der Waals surface area contributed by atoms with E-state index in [0.29, 0.717) is 17.5 Å². The van der Waals surface area contributed by atoms with Gasteiger partial charge in [0, 0.05) is 82.5 Å². The molecule has 11 aromatic carbocycles. The van der Waals surface area contributed by atoms with Gasteiger partial charge in [-0.2, -0.15) is 0 Å². The molecule has 0 aliphatic rings. The highest BCUT2D eigenvalue weighted by atomic mass is 15.1. The molecule has 0 N–H and O–H groups in total. The quantitative estimate of drug-likeness (QED) is 0.160. The molecular formula is C69H43N7. The standard InChI is InChI=1S/C69H43N7/c1-2-20-44(21-3-1)67-70-68(45-38-47(73-59-30-12-4-22-51(59)52-23-5-13-31-60(52)73)42-48(39-45)74-61-32-14-6-24-53(61)54-25-7-15-33-62(54)74)72-69(71-67)46-40-49(75-63-34-16-8-26-55(63)56-27-9-17-35-64(56)75)43-50(41-46)76-65-36-18-10-28-57(65)58-29-11-19-37-66(58)76/h1-43H. The zero-order chi connectivity index (χ0) is 49.8. The van der Waals surface area contributed by atoms with Crippen LogP contribution < -0.4 is 0 Å². The smallest absolute Gasteiger partial charge is 0.164 e. The van der Waals surface area contributed by atoms with E-state index in [-0.39, 0.29) is 0 Å². The Bertz CT molecular complexity index is 4240. The molecule has 0 bridgehead atoms. The van der Waals surface area contributed by atoms with Gasteiger partial charge in [-0.25, -0.2) is 15.0 Å². The van der Waals surface area contributed by atoms with Gasteiger partial charge in [-0.05, 0) is 84.9 Å². The molecule has 0 saturated heterocycles. The number of benzene rings is 11. The Morgan fingerprint density at radius 1 is 0.184 bits per heavy atom. The van der Waals surface area contributed by atoms with Crippen LogP contribution in [0.5, 0.6) is 0 Å². The molecule has 7 nitrogen and oxygen atoms in total. The molecule has 0 amide bonds. The first-order chi connectivity index (χ1) is 37.7. The molecule has 0 aliphatic carbocycles. The van der Waals surface area contributed by atoms with Crippen LogP contribution in [0.4, 0.5) is 0 Å². The van der Waals surface area contributed by atoms with Crippen LogP contribution in [0.2, 0.25) is 0 Å². The zero-order valence-corrected chi connectivity index (χ0v) is 41.0. The highest BCUT2D eigenvalue weighted by Gasteiger charge is 2.22. The van der Waals surface area contributed by atoms with Crippen molar-refractivity contribution in [1.82, 2.24) is 33.2 Å². The van der Waals surface area contributed by atoms with Crippen LogP contribution in [0.1, 0.15) is 0 Å². The van der Waals surface area contributed by atoms with Crippen molar-refractivity contribution in [2.24, 2.45) is 0 Å². The molecule has 76 heavy (non-hydrogen) atoms. The van der Waals surface area contributed by atoms with E-state index in [1.165, 1.54) is 43.1 Å². The normalized spacial score (nSPS) is 11.9. The highest BCUT2D eigenvalue weighted by molar-refractivity contribution is 6.12. The molecule has 0 atom stereocenters. The Labute approximate surface area is 436 Å². The van der Waals surface area contributed by atoms with Gasteiger partial charge in [0.25, 0.3) is 0 Å². The second-order valence-electron chi connectivity index (χ2n) is 19.6. The summed E-state index contributed by atoms with van der Waals surface area (Å²) >= 11 is 0. The topological polar surface area (TPSA) is 58.4 Å². The van der Waals surface area contributed by atoms with E-state index >= 15 is 0 Å². The van der Waals surface area contributed by atoms with Crippen molar-refractivity contribution >= 4 is 87.2 Å². The van der Waals surface area contributed by atoms with E-state index < -0.39 is 0 Å². The minimum Gasteiger partial charge on any atom is -0.309 e. The first-order valence-corrected chi connectivity index (χ1v) is 25.8. The first kappa shape index (κ1) is 42.2. The van der Waals surface area contributed by atoms with Crippen molar-refractivity contribution in [3.8, 4) is 56.9 Å². The Morgan fingerprint density at radius 3 is 0.618 bits per heavy atom. The largest absolute Gasteiger partial charge is 0.309 e. The lowest BCUT2D eigenvalue weighted by Crippen LogP contribution is -2.05. The van der Waals surface area contributed by atoms with Gasteiger partial charge in [0.05, 0.1) is 44.1 Å². The average molecular weight is 970 g/mol. The van der Waals surface area contributed by atoms with E-state index in [9.17, 15) is 0 Å². The van der Waals surface area contributed by atoms with E-state index in [4.69, 9.17) is 15.0 Å². The summed E-state index contributed by atoms with van der Waals surface area (Å²) in [5.41, 5.74) is 15.6. The molecule has 5 aromatic heterocycles. The Morgan fingerprint density at radius 2 is 0.382 bits per heavy atom. The predicted octanol–water partition coefficient (Wildman–Crippen LogP) is 17.3. The van der Waals surface area contributed by atoms with Gasteiger partial charge in [0.15, 0.2) is 17.5 Å². The molecule has 5 heterocycles. The zero-order valence-electron chi connectivity index (χ0n) is 41.0. The second-order valence-corrected chi connectivity index (χ2v) is 19.6. The fourth-order valence-electron chi connectivity index (χ4n) is 12.1. The molecule has 7 heteroatoms. The van der Waals surface area contributed by atoms with Crippen LogP contribution in [-0.2, 0) is 0 Å². The molecule has 0 aliphatic heterocycles. The van der Waals surface area contributed by atoms with Crippen LogP contribution in [0.25, 0.3) is 144 Å². The van der Waals surface area contributed by atoms with Gasteiger partial charge in [0.2, 0.25) is 0 Å². The molecule has 0 fully saturated rings. The van der Waals surface area contributed by atoms with Crippen molar-refractivity contribution < 1.29 is 0 Å². The number of rotatable bonds is 7. The number of para-hydroxylation sites is 8. The van der Waals surface area contributed by atoms with E-state index in [1.807, 2.05) is 18.2 Å². The lowest BCUT2D eigenvalue weighted by atomic mass is 10.1. The minimum absolute atomic E-state index is 0.564. The van der Waals surface area contributed by atoms with Crippen LogP contribution in [0, 0.1) is 0 Å². The van der Waals surface area contributed by atoms with E-state index in [0.717, 1.165) is 83.6 Å². The molecular weight excluding hydrogens is 927 g/mol. The van der Waals surface area contributed by atoms with Crippen molar-refractivity contribution in [3.05, 3.63) is 261 Å². The van der Waals surface area contributed by atoms with Crippen molar-refractivity contribution in [2.45, 2.75) is 0 Å². The van der Waals surface area contributed by atoms with Crippen LogP contribution in [-0.4, -0.2) is 33.2 Å². The summed E-state index contributed by atoms with van der Waals surface area (Å²) in [6.07, 6.45) is 0. The summed E-state index contributed by atoms with van der Waals surface area (Å²) in [5, 5.41) is 9.54. The summed E-state index contributed by atoms with van der Waals surface area (Å²) < 4.78 is 9.55. The number of fused-ring (bicyclic) bond motifs is 12. The minimum atomic E-state index is 0.564. The molecule has 0 unspecified atom stereocenters. The fourth-order valence-corrected chi connectivity index (χ4v) is 12.1. The summed E-state index contributed by atoms with van der Waals surface area (Å²) in [7, 11) is 0. The molecule has 0 radical (unpaired) electrons. The summed E-state index contributed by atoms with van der Waals surface area (Å²) in [6.45, 7) is 0. The Kier molecular flexibility index (Phi) is 9.20. The second kappa shape index (κ2) is 16.6. The van der Waals surface area contributed by atoms with Crippen LogP contribution in [0.15, 0.2) is 261 Å². The number of nitrogens with zero attached hydrogens (tertiary/aromatic N) is 7. The molecule has 0 spiro atoms. The van der Waals surface area contributed by atoms with Gasteiger partial charge in [-0.3, -0.25) is 0 Å². The predicted molar refractivity (Wildman–Crippen MR) is 313 cm³/mol. The van der Waals surface area contributed by atoms with E-state index in [2.05, 4.69) is 261 Å². The van der Waals surface area contributed by atoms with Crippen molar-refractivity contribution in [1.29, 1.82) is 0 Å². The van der Waals surface area contributed by atoms with Crippen LogP contribution >= 0.6 is 0 Å². The maximum atomic E-state index is 5.63. The fraction of sp³-hybridized carbons (Fsp3) is 0. The van der Waals surface area contributed by atoms with Crippen molar-refractivity contribution in [2.75, 3.05) is 0 Å². The van der Waals surface area contributed by atoms with Crippen LogP contribution in [0.3, 0.4) is 0 Å². The van der Waals surface area contributed by atoms with E-state index in [1.54, 1.807) is 0 Å². The van der Waals surface area contributed by atoms with Gasteiger partial charge in [-0.15, -0.1) is 0 Å². The lowest BCUT2D eigenvalue weighted by Gasteiger charge is -2.17. The summed E-state index contributed by atoms with van der Waals surface area (Å²) in [6, 6.07) is 93.4. The average Bonchev–Trinajstić information content (AvgIpc) is 4.28.